The summed E-state index contributed by atoms with van der Waals surface area (Å²) in [6.07, 6.45) is 1.78. The van der Waals surface area contributed by atoms with Crippen LogP contribution in [0.4, 0.5) is 11.4 Å². The molecule has 0 atom stereocenters. The molecular weight excluding hydrogens is 334 g/mol. The number of amides is 1. The Hall–Kier alpha value is -3.14. The van der Waals surface area contributed by atoms with Crippen molar-refractivity contribution in [2.24, 2.45) is 0 Å². The number of nitrogens with one attached hydrogen (secondary N) is 2. The van der Waals surface area contributed by atoms with Crippen molar-refractivity contribution in [3.63, 3.8) is 0 Å². The fourth-order valence-electron chi connectivity index (χ4n) is 2.69. The maximum absolute atomic E-state index is 12.4. The third-order valence-electron chi connectivity index (χ3n) is 4.36. The number of benzene rings is 2. The maximum Gasteiger partial charge on any atom is 0.255 e. The Balaban J connectivity index is 1.58. The number of nitrogens with zero attached hydrogens (tertiary/aromatic N) is 1. The van der Waals surface area contributed by atoms with Crippen LogP contribution >= 0.6 is 0 Å². The molecule has 3 aromatic rings. The Labute approximate surface area is 160 Å². The molecule has 0 radical (unpaired) electrons. The number of aromatic nitrogens is 1. The highest BCUT2D eigenvalue weighted by Crippen LogP contribution is 2.22. The van der Waals surface area contributed by atoms with Gasteiger partial charge >= 0.3 is 0 Å². The van der Waals surface area contributed by atoms with E-state index in [-0.39, 0.29) is 11.3 Å². The fourth-order valence-corrected chi connectivity index (χ4v) is 2.69. The number of carbonyl (C=O) groups excluding carboxylic acids is 1. The first-order valence-corrected chi connectivity index (χ1v) is 9.07. The van der Waals surface area contributed by atoms with E-state index in [2.05, 4.69) is 36.4 Å². The Morgan fingerprint density at radius 3 is 2.15 bits per heavy atom. The first-order valence-electron chi connectivity index (χ1n) is 9.07. The van der Waals surface area contributed by atoms with E-state index in [1.807, 2.05) is 66.7 Å². The predicted molar refractivity (Wildman–Crippen MR) is 111 cm³/mol. The highest BCUT2D eigenvalue weighted by Gasteiger charge is 2.14. The Morgan fingerprint density at radius 2 is 1.56 bits per heavy atom. The summed E-state index contributed by atoms with van der Waals surface area (Å²) in [5.41, 5.74) is 4.67. The molecule has 0 spiro atoms. The van der Waals surface area contributed by atoms with Crippen LogP contribution in [0.2, 0.25) is 0 Å². The lowest BCUT2D eigenvalue weighted by Gasteiger charge is -2.19. The van der Waals surface area contributed by atoms with Gasteiger partial charge in [0.05, 0.1) is 12.2 Å². The van der Waals surface area contributed by atoms with Gasteiger partial charge in [-0.25, -0.2) is 0 Å². The van der Waals surface area contributed by atoms with Gasteiger partial charge < -0.3 is 10.6 Å². The predicted octanol–water partition coefficient (Wildman–Crippen LogP) is 5.24. The van der Waals surface area contributed by atoms with Gasteiger partial charge in [-0.15, -0.1) is 0 Å². The molecule has 0 aliphatic rings. The number of hydrogen-bond acceptors (Lipinski definition) is 3. The number of rotatable bonds is 5. The minimum atomic E-state index is -0.107. The third-order valence-corrected chi connectivity index (χ3v) is 4.36. The lowest BCUT2D eigenvalue weighted by Crippen LogP contribution is -2.14. The second-order valence-corrected chi connectivity index (χ2v) is 7.53. The molecule has 0 fully saturated rings. The van der Waals surface area contributed by atoms with Crippen LogP contribution in [-0.4, -0.2) is 10.9 Å². The average molecular weight is 359 g/mol. The molecule has 3 rings (SSSR count). The summed E-state index contributed by atoms with van der Waals surface area (Å²) in [6, 6.07) is 21.3. The van der Waals surface area contributed by atoms with Crippen molar-refractivity contribution in [3.8, 4) is 0 Å². The van der Waals surface area contributed by atoms with Gasteiger partial charge in [0.2, 0.25) is 0 Å². The molecule has 138 valence electrons. The van der Waals surface area contributed by atoms with Crippen molar-refractivity contribution < 1.29 is 4.79 Å². The molecule has 4 heteroatoms. The summed E-state index contributed by atoms with van der Waals surface area (Å²) < 4.78 is 0. The van der Waals surface area contributed by atoms with Crippen molar-refractivity contribution in [1.82, 2.24) is 4.98 Å². The molecule has 2 N–H and O–H groups in total. The molecule has 1 aromatic heterocycles. The van der Waals surface area contributed by atoms with Gasteiger partial charge in [-0.1, -0.05) is 39.0 Å². The van der Waals surface area contributed by atoms with Crippen LogP contribution in [0, 0.1) is 0 Å². The zero-order chi connectivity index (χ0) is 19.3. The normalized spacial score (nSPS) is 11.1. The second-order valence-electron chi connectivity index (χ2n) is 7.53. The van der Waals surface area contributed by atoms with Crippen molar-refractivity contribution in [2.45, 2.75) is 32.7 Å². The van der Waals surface area contributed by atoms with Crippen molar-refractivity contribution >= 4 is 17.3 Å². The third kappa shape index (κ3) is 5.17. The van der Waals surface area contributed by atoms with E-state index in [0.29, 0.717) is 12.1 Å². The van der Waals surface area contributed by atoms with E-state index in [1.54, 1.807) is 6.20 Å². The van der Waals surface area contributed by atoms with Gasteiger partial charge in [0.1, 0.15) is 0 Å². The Morgan fingerprint density at radius 1 is 0.889 bits per heavy atom. The molecule has 4 nitrogen and oxygen atoms in total. The molecule has 0 unspecified atom stereocenters. The largest absolute Gasteiger partial charge is 0.379 e. The summed E-state index contributed by atoms with van der Waals surface area (Å²) >= 11 is 0. The molecule has 0 saturated heterocycles. The highest BCUT2D eigenvalue weighted by molar-refractivity contribution is 6.04. The number of carbonyl (C=O) groups is 1. The van der Waals surface area contributed by atoms with E-state index in [1.165, 1.54) is 5.56 Å². The van der Waals surface area contributed by atoms with Gasteiger partial charge in [0, 0.05) is 23.1 Å². The van der Waals surface area contributed by atoms with Crippen LogP contribution in [0.25, 0.3) is 0 Å². The van der Waals surface area contributed by atoms with Gasteiger partial charge in [-0.3, -0.25) is 9.78 Å². The molecule has 0 aliphatic heterocycles. The summed E-state index contributed by atoms with van der Waals surface area (Å²) in [7, 11) is 0. The van der Waals surface area contributed by atoms with Gasteiger partial charge in [-0.05, 0) is 59.5 Å². The van der Waals surface area contributed by atoms with Gasteiger partial charge in [0.15, 0.2) is 0 Å². The zero-order valence-corrected chi connectivity index (χ0v) is 16.0. The first kappa shape index (κ1) is 18.6. The van der Waals surface area contributed by atoms with Crippen molar-refractivity contribution in [2.75, 3.05) is 10.6 Å². The monoisotopic (exact) mass is 359 g/mol. The smallest absolute Gasteiger partial charge is 0.255 e. The number of pyridine rings is 1. The standard InChI is InChI=1S/C23H25N3O/c1-23(2,3)18-9-7-17(8-10-18)22(27)26-20-13-11-19(12-14-20)25-16-21-6-4-5-15-24-21/h4-15,25H,16H2,1-3H3,(H,26,27). The number of hydrogen-bond donors (Lipinski definition) is 2. The van der Waals surface area contributed by atoms with Crippen LogP contribution < -0.4 is 10.6 Å². The van der Waals surface area contributed by atoms with E-state index in [0.717, 1.165) is 17.1 Å². The quantitative estimate of drug-likeness (QED) is 0.655. The topological polar surface area (TPSA) is 54.0 Å². The minimum Gasteiger partial charge on any atom is -0.379 e. The summed E-state index contributed by atoms with van der Waals surface area (Å²) in [5.74, 6) is -0.107. The molecule has 0 aliphatic carbocycles. The van der Waals surface area contributed by atoms with Gasteiger partial charge in [0.25, 0.3) is 5.91 Å². The van der Waals surface area contributed by atoms with E-state index >= 15 is 0 Å². The van der Waals surface area contributed by atoms with Crippen molar-refractivity contribution in [1.29, 1.82) is 0 Å². The van der Waals surface area contributed by atoms with Gasteiger partial charge in [-0.2, -0.15) is 0 Å². The SMILES string of the molecule is CC(C)(C)c1ccc(C(=O)Nc2ccc(NCc3ccccn3)cc2)cc1. The van der Waals surface area contributed by atoms with E-state index in [4.69, 9.17) is 0 Å². The van der Waals surface area contributed by atoms with Crippen LogP contribution in [-0.2, 0) is 12.0 Å². The lowest BCUT2D eigenvalue weighted by atomic mass is 9.87. The maximum atomic E-state index is 12.4. The van der Waals surface area contributed by atoms with Crippen LogP contribution in [0.3, 0.4) is 0 Å². The summed E-state index contributed by atoms with van der Waals surface area (Å²) in [4.78, 5) is 16.7. The zero-order valence-electron chi connectivity index (χ0n) is 16.0. The van der Waals surface area contributed by atoms with Crippen LogP contribution in [0.5, 0.6) is 0 Å². The summed E-state index contributed by atoms with van der Waals surface area (Å²) in [6.45, 7) is 7.13. The Bertz CT molecular complexity index is 880. The minimum absolute atomic E-state index is 0.0765. The summed E-state index contributed by atoms with van der Waals surface area (Å²) in [5, 5.41) is 6.26. The van der Waals surface area contributed by atoms with Crippen LogP contribution in [0.15, 0.2) is 72.9 Å². The molecule has 0 saturated carbocycles. The molecule has 2 aromatic carbocycles. The second kappa shape index (κ2) is 8.04. The van der Waals surface area contributed by atoms with E-state index < -0.39 is 0 Å². The Kier molecular flexibility index (Phi) is 5.55. The lowest BCUT2D eigenvalue weighted by molar-refractivity contribution is 0.102. The average Bonchev–Trinajstić information content (AvgIpc) is 2.68. The fraction of sp³-hybridized carbons (Fsp3) is 0.217. The highest BCUT2D eigenvalue weighted by atomic mass is 16.1. The molecule has 0 bridgehead atoms. The number of anilines is 2. The first-order chi connectivity index (χ1) is 12.9. The molecule has 1 heterocycles. The molecule has 27 heavy (non-hydrogen) atoms. The molecule has 1 amide bonds. The molecular formula is C23H25N3O. The van der Waals surface area contributed by atoms with Crippen molar-refractivity contribution in [3.05, 3.63) is 89.7 Å². The van der Waals surface area contributed by atoms with E-state index in [9.17, 15) is 4.79 Å². The van der Waals surface area contributed by atoms with Crippen LogP contribution in [0.1, 0.15) is 42.4 Å².